The molecule has 1 heterocycles. The zero-order valence-corrected chi connectivity index (χ0v) is 11.2. The van der Waals surface area contributed by atoms with Crippen molar-refractivity contribution in [3.8, 4) is 0 Å². The van der Waals surface area contributed by atoms with Crippen molar-refractivity contribution in [3.63, 3.8) is 0 Å². The molecule has 2 rings (SSSR count). The van der Waals surface area contributed by atoms with Gasteiger partial charge in [-0.2, -0.15) is 0 Å². The highest BCUT2D eigenvalue weighted by atomic mass is 32.1. The highest BCUT2D eigenvalue weighted by Crippen LogP contribution is 2.17. The number of thiocarbonyl (C=S) groups is 1. The molecule has 0 bridgehead atoms. The van der Waals surface area contributed by atoms with E-state index in [0.717, 1.165) is 23.4 Å². The molecule has 0 radical (unpaired) electrons. The van der Waals surface area contributed by atoms with E-state index in [1.807, 2.05) is 19.1 Å². The molecule has 0 amide bonds. The quantitative estimate of drug-likeness (QED) is 0.830. The van der Waals surface area contributed by atoms with Gasteiger partial charge in [-0.3, -0.25) is 0 Å². The summed E-state index contributed by atoms with van der Waals surface area (Å²) < 4.78 is 0. The van der Waals surface area contributed by atoms with Crippen molar-refractivity contribution in [2.24, 2.45) is 5.73 Å². The summed E-state index contributed by atoms with van der Waals surface area (Å²) in [4.78, 5) is 1.77. The molecule has 1 aromatic heterocycles. The molecule has 2 aromatic rings. The Hall–Kier alpha value is -1.39. The minimum absolute atomic E-state index is 0.451. The monoisotopic (exact) mass is 262 g/mol. The Kier molecular flexibility index (Phi) is 3.76. The predicted octanol–water partition coefficient (Wildman–Crippen LogP) is 3.30. The van der Waals surface area contributed by atoms with Crippen LogP contribution >= 0.6 is 23.6 Å². The van der Waals surface area contributed by atoms with Gasteiger partial charge in [-0.15, -0.1) is 11.3 Å². The summed E-state index contributed by atoms with van der Waals surface area (Å²) in [5.41, 5.74) is 8.77. The number of benzene rings is 1. The average molecular weight is 262 g/mol. The van der Waals surface area contributed by atoms with Crippen molar-refractivity contribution in [2.45, 2.75) is 13.5 Å². The summed E-state index contributed by atoms with van der Waals surface area (Å²) in [6.45, 7) is 2.87. The first-order chi connectivity index (χ1) is 8.16. The van der Waals surface area contributed by atoms with E-state index in [-0.39, 0.29) is 0 Å². The summed E-state index contributed by atoms with van der Waals surface area (Å²) in [6, 6.07) is 10.2. The second kappa shape index (κ2) is 5.29. The lowest BCUT2D eigenvalue weighted by atomic mass is 10.1. The Morgan fingerprint density at radius 1 is 1.41 bits per heavy atom. The van der Waals surface area contributed by atoms with E-state index < -0.39 is 0 Å². The van der Waals surface area contributed by atoms with Crippen LogP contribution in [0.5, 0.6) is 0 Å². The first-order valence-corrected chi connectivity index (χ1v) is 6.62. The Bertz CT molecular complexity index is 518. The van der Waals surface area contributed by atoms with Crippen molar-refractivity contribution in [1.82, 2.24) is 0 Å². The second-order valence-electron chi connectivity index (χ2n) is 3.83. The third-order valence-electron chi connectivity index (χ3n) is 2.54. The Morgan fingerprint density at radius 3 is 2.82 bits per heavy atom. The summed E-state index contributed by atoms with van der Waals surface area (Å²) in [5.74, 6) is 0. The van der Waals surface area contributed by atoms with E-state index >= 15 is 0 Å². The molecular weight excluding hydrogens is 248 g/mol. The van der Waals surface area contributed by atoms with Gasteiger partial charge in [0.05, 0.1) is 0 Å². The molecule has 0 atom stereocenters. The fourth-order valence-corrected chi connectivity index (χ4v) is 2.53. The van der Waals surface area contributed by atoms with Crippen LogP contribution in [0.15, 0.2) is 35.7 Å². The lowest BCUT2D eigenvalue weighted by molar-refractivity contribution is 1.19. The van der Waals surface area contributed by atoms with E-state index in [4.69, 9.17) is 18.0 Å². The molecule has 0 saturated heterocycles. The third kappa shape index (κ3) is 3.05. The van der Waals surface area contributed by atoms with Gasteiger partial charge in [-0.25, -0.2) is 0 Å². The number of anilines is 1. The van der Waals surface area contributed by atoms with Crippen LogP contribution in [0, 0.1) is 6.92 Å². The van der Waals surface area contributed by atoms with Crippen molar-refractivity contribution in [3.05, 3.63) is 51.7 Å². The lowest BCUT2D eigenvalue weighted by Gasteiger charge is -2.09. The SMILES string of the molecule is Cc1cc(NCc2cccs2)ccc1C(N)=S. The van der Waals surface area contributed by atoms with Gasteiger partial charge in [-0.1, -0.05) is 18.3 Å². The van der Waals surface area contributed by atoms with Gasteiger partial charge in [0.15, 0.2) is 0 Å². The fourth-order valence-electron chi connectivity index (χ4n) is 1.65. The first-order valence-electron chi connectivity index (χ1n) is 5.33. The van der Waals surface area contributed by atoms with E-state index in [2.05, 4.69) is 28.9 Å². The van der Waals surface area contributed by atoms with Crippen LogP contribution in [0.2, 0.25) is 0 Å². The molecule has 0 saturated carbocycles. The number of nitrogens with one attached hydrogen (secondary N) is 1. The topological polar surface area (TPSA) is 38.0 Å². The largest absolute Gasteiger partial charge is 0.389 e. The van der Waals surface area contributed by atoms with Crippen LogP contribution in [0.25, 0.3) is 0 Å². The van der Waals surface area contributed by atoms with E-state index in [0.29, 0.717) is 4.99 Å². The van der Waals surface area contributed by atoms with Gasteiger partial charge < -0.3 is 11.1 Å². The van der Waals surface area contributed by atoms with E-state index in [1.165, 1.54) is 4.88 Å². The van der Waals surface area contributed by atoms with E-state index in [1.54, 1.807) is 11.3 Å². The molecular formula is C13H14N2S2. The van der Waals surface area contributed by atoms with Crippen LogP contribution in [0.4, 0.5) is 5.69 Å². The number of thiophene rings is 1. The number of nitrogens with two attached hydrogens (primary N) is 1. The normalized spacial score (nSPS) is 10.2. The Labute approximate surface area is 110 Å². The van der Waals surface area contributed by atoms with Crippen LogP contribution in [-0.2, 0) is 6.54 Å². The molecule has 0 aliphatic heterocycles. The number of hydrogen-bond donors (Lipinski definition) is 2. The molecule has 3 N–H and O–H groups in total. The minimum Gasteiger partial charge on any atom is -0.389 e. The Morgan fingerprint density at radius 2 is 2.24 bits per heavy atom. The highest BCUT2D eigenvalue weighted by Gasteiger charge is 2.02. The second-order valence-corrected chi connectivity index (χ2v) is 5.30. The molecule has 1 aromatic carbocycles. The maximum atomic E-state index is 5.63. The van der Waals surface area contributed by atoms with Gasteiger partial charge in [0.2, 0.25) is 0 Å². The third-order valence-corrected chi connectivity index (χ3v) is 3.64. The summed E-state index contributed by atoms with van der Waals surface area (Å²) in [6.07, 6.45) is 0. The predicted molar refractivity (Wildman–Crippen MR) is 78.7 cm³/mol. The maximum Gasteiger partial charge on any atom is 0.104 e. The maximum absolute atomic E-state index is 5.63. The zero-order chi connectivity index (χ0) is 12.3. The summed E-state index contributed by atoms with van der Waals surface area (Å²) in [5, 5.41) is 5.46. The summed E-state index contributed by atoms with van der Waals surface area (Å²) in [7, 11) is 0. The van der Waals surface area contributed by atoms with Crippen molar-refractivity contribution in [1.29, 1.82) is 0 Å². The first kappa shape index (κ1) is 12.1. The molecule has 0 aliphatic carbocycles. The smallest absolute Gasteiger partial charge is 0.104 e. The van der Waals surface area contributed by atoms with Crippen molar-refractivity contribution >= 4 is 34.2 Å². The zero-order valence-electron chi connectivity index (χ0n) is 9.57. The molecule has 0 unspecified atom stereocenters. The van der Waals surface area contributed by atoms with Gasteiger partial charge in [0, 0.05) is 22.7 Å². The molecule has 88 valence electrons. The van der Waals surface area contributed by atoms with E-state index in [9.17, 15) is 0 Å². The van der Waals surface area contributed by atoms with Crippen molar-refractivity contribution < 1.29 is 0 Å². The molecule has 17 heavy (non-hydrogen) atoms. The molecule has 0 spiro atoms. The number of rotatable bonds is 4. The van der Waals surface area contributed by atoms with Crippen LogP contribution in [0.3, 0.4) is 0 Å². The van der Waals surface area contributed by atoms with Crippen LogP contribution in [-0.4, -0.2) is 4.99 Å². The van der Waals surface area contributed by atoms with Gasteiger partial charge in [-0.05, 0) is 42.1 Å². The van der Waals surface area contributed by atoms with Gasteiger partial charge >= 0.3 is 0 Å². The highest BCUT2D eigenvalue weighted by molar-refractivity contribution is 7.80. The number of hydrogen-bond acceptors (Lipinski definition) is 3. The molecule has 0 fully saturated rings. The fraction of sp³-hybridized carbons (Fsp3) is 0.154. The van der Waals surface area contributed by atoms with Crippen molar-refractivity contribution in [2.75, 3.05) is 5.32 Å². The molecule has 0 aliphatic rings. The number of aryl methyl sites for hydroxylation is 1. The van der Waals surface area contributed by atoms with Crippen LogP contribution < -0.4 is 11.1 Å². The van der Waals surface area contributed by atoms with Crippen LogP contribution in [0.1, 0.15) is 16.0 Å². The molecule has 2 nitrogen and oxygen atoms in total. The van der Waals surface area contributed by atoms with Gasteiger partial charge in [0.25, 0.3) is 0 Å². The average Bonchev–Trinajstić information content (AvgIpc) is 2.78. The van der Waals surface area contributed by atoms with Gasteiger partial charge in [0.1, 0.15) is 4.99 Å². The Balaban J connectivity index is 2.07. The summed E-state index contributed by atoms with van der Waals surface area (Å²) >= 11 is 6.73. The minimum atomic E-state index is 0.451. The standard InChI is InChI=1S/C13H14N2S2/c1-9-7-10(4-5-12(9)13(14)16)15-8-11-3-2-6-17-11/h2-7,15H,8H2,1H3,(H2,14,16). The molecule has 4 heteroatoms. The lowest BCUT2D eigenvalue weighted by Crippen LogP contribution is -2.11.